The molecule has 1 aliphatic rings. The summed E-state index contributed by atoms with van der Waals surface area (Å²) in [4.78, 5) is 15.9. The summed E-state index contributed by atoms with van der Waals surface area (Å²) >= 11 is 3.36. The van der Waals surface area contributed by atoms with Crippen molar-refractivity contribution in [3.8, 4) is 0 Å². The van der Waals surface area contributed by atoms with Crippen LogP contribution in [0.15, 0.2) is 22.9 Å². The largest absolute Gasteiger partial charge is 0.325 e. The second kappa shape index (κ2) is 5.41. The molecule has 86 valence electrons. The fourth-order valence-corrected chi connectivity index (χ4v) is 2.14. The van der Waals surface area contributed by atoms with Crippen LogP contribution in [-0.2, 0) is 4.79 Å². The molecule has 0 aromatic carbocycles. The minimum absolute atomic E-state index is 0.0776. The number of nitrogens with zero attached hydrogens (tertiary/aromatic N) is 1. The molecule has 2 N–H and O–H groups in total. The third kappa shape index (κ3) is 2.80. The van der Waals surface area contributed by atoms with Crippen LogP contribution in [0.1, 0.15) is 12.8 Å². The van der Waals surface area contributed by atoms with Crippen LogP contribution in [0.25, 0.3) is 0 Å². The fourth-order valence-electron chi connectivity index (χ4n) is 1.79. The van der Waals surface area contributed by atoms with Gasteiger partial charge in [-0.05, 0) is 41.4 Å². The van der Waals surface area contributed by atoms with Crippen LogP contribution in [0.3, 0.4) is 0 Å². The highest BCUT2D eigenvalue weighted by molar-refractivity contribution is 9.10. The summed E-state index contributed by atoms with van der Waals surface area (Å²) in [5.74, 6) is 0.160. The maximum Gasteiger partial charge on any atom is 0.228 e. The molecule has 0 aliphatic carbocycles. The van der Waals surface area contributed by atoms with E-state index in [-0.39, 0.29) is 11.8 Å². The third-order valence-electron chi connectivity index (χ3n) is 2.70. The van der Waals surface area contributed by atoms with E-state index >= 15 is 0 Å². The van der Waals surface area contributed by atoms with E-state index in [1.165, 1.54) is 0 Å². The molecule has 1 aromatic rings. The quantitative estimate of drug-likeness (QED) is 0.870. The van der Waals surface area contributed by atoms with E-state index in [1.54, 1.807) is 18.5 Å². The Labute approximate surface area is 103 Å². The van der Waals surface area contributed by atoms with Crippen LogP contribution in [0, 0.1) is 5.92 Å². The first kappa shape index (κ1) is 11.5. The number of carbonyl (C=O) groups is 1. The molecule has 0 radical (unpaired) electrons. The van der Waals surface area contributed by atoms with Crippen LogP contribution < -0.4 is 10.6 Å². The Bertz CT molecular complexity index is 377. The van der Waals surface area contributed by atoms with E-state index in [0.29, 0.717) is 0 Å². The molecule has 1 amide bonds. The van der Waals surface area contributed by atoms with Gasteiger partial charge in [-0.1, -0.05) is 0 Å². The minimum atomic E-state index is 0.0776. The van der Waals surface area contributed by atoms with Gasteiger partial charge in [0.15, 0.2) is 0 Å². The lowest BCUT2D eigenvalue weighted by molar-refractivity contribution is -0.120. The van der Waals surface area contributed by atoms with Crippen LogP contribution >= 0.6 is 15.9 Å². The lowest BCUT2D eigenvalue weighted by Crippen LogP contribution is -2.37. The third-order valence-corrected chi connectivity index (χ3v) is 3.33. The van der Waals surface area contributed by atoms with Crippen molar-refractivity contribution >= 4 is 27.5 Å². The van der Waals surface area contributed by atoms with Crippen molar-refractivity contribution in [3.05, 3.63) is 22.9 Å². The first-order chi connectivity index (χ1) is 7.77. The SMILES string of the molecule is O=C(Nc1ccncc1Br)C1CCCNC1. The molecule has 1 saturated heterocycles. The zero-order valence-corrected chi connectivity index (χ0v) is 10.5. The number of pyridine rings is 1. The van der Waals surface area contributed by atoms with Crippen LogP contribution in [-0.4, -0.2) is 24.0 Å². The molecule has 1 aliphatic heterocycles. The van der Waals surface area contributed by atoms with Gasteiger partial charge in [0.1, 0.15) is 0 Å². The summed E-state index contributed by atoms with van der Waals surface area (Å²) in [5, 5.41) is 6.15. The van der Waals surface area contributed by atoms with Gasteiger partial charge < -0.3 is 10.6 Å². The molecular formula is C11H14BrN3O. The molecule has 0 saturated carbocycles. The smallest absolute Gasteiger partial charge is 0.228 e. The van der Waals surface area contributed by atoms with Gasteiger partial charge in [0, 0.05) is 18.9 Å². The molecule has 2 heterocycles. The van der Waals surface area contributed by atoms with Crippen molar-refractivity contribution in [2.24, 2.45) is 5.92 Å². The van der Waals surface area contributed by atoms with Crippen molar-refractivity contribution in [1.29, 1.82) is 0 Å². The van der Waals surface area contributed by atoms with Gasteiger partial charge in [-0.15, -0.1) is 0 Å². The average molecular weight is 284 g/mol. The number of rotatable bonds is 2. The Morgan fingerprint density at radius 1 is 1.62 bits per heavy atom. The van der Waals surface area contributed by atoms with E-state index in [4.69, 9.17) is 0 Å². The number of halogens is 1. The molecule has 1 unspecified atom stereocenters. The molecular weight excluding hydrogens is 270 g/mol. The lowest BCUT2D eigenvalue weighted by Gasteiger charge is -2.22. The number of aromatic nitrogens is 1. The van der Waals surface area contributed by atoms with E-state index < -0.39 is 0 Å². The number of piperidine rings is 1. The molecule has 2 rings (SSSR count). The van der Waals surface area contributed by atoms with Crippen molar-refractivity contribution in [3.63, 3.8) is 0 Å². The van der Waals surface area contributed by atoms with E-state index in [2.05, 4.69) is 31.5 Å². The van der Waals surface area contributed by atoms with E-state index in [1.807, 2.05) is 0 Å². The summed E-state index contributed by atoms with van der Waals surface area (Å²) in [6, 6.07) is 1.79. The summed E-state index contributed by atoms with van der Waals surface area (Å²) in [6.45, 7) is 1.79. The Hall–Kier alpha value is -0.940. The summed E-state index contributed by atoms with van der Waals surface area (Å²) < 4.78 is 0.812. The van der Waals surface area contributed by atoms with Crippen LogP contribution in [0.2, 0.25) is 0 Å². The predicted octanol–water partition coefficient (Wildman–Crippen LogP) is 1.78. The number of nitrogens with one attached hydrogen (secondary N) is 2. The van der Waals surface area contributed by atoms with Crippen LogP contribution in [0.5, 0.6) is 0 Å². The molecule has 16 heavy (non-hydrogen) atoms. The van der Waals surface area contributed by atoms with Gasteiger partial charge >= 0.3 is 0 Å². The first-order valence-corrected chi connectivity index (χ1v) is 6.18. The molecule has 1 aromatic heterocycles. The second-order valence-electron chi connectivity index (χ2n) is 3.89. The topological polar surface area (TPSA) is 54.0 Å². The fraction of sp³-hybridized carbons (Fsp3) is 0.455. The lowest BCUT2D eigenvalue weighted by atomic mass is 9.99. The highest BCUT2D eigenvalue weighted by Gasteiger charge is 2.21. The Morgan fingerprint density at radius 3 is 3.19 bits per heavy atom. The Balaban J connectivity index is 1.99. The zero-order chi connectivity index (χ0) is 11.4. The Morgan fingerprint density at radius 2 is 2.50 bits per heavy atom. The number of carbonyl (C=O) groups excluding carboxylic acids is 1. The molecule has 0 bridgehead atoms. The van der Waals surface area contributed by atoms with Crippen molar-refractivity contribution in [1.82, 2.24) is 10.3 Å². The molecule has 5 heteroatoms. The number of anilines is 1. The van der Waals surface area contributed by atoms with Gasteiger partial charge in [0.2, 0.25) is 5.91 Å². The maximum absolute atomic E-state index is 11.9. The van der Waals surface area contributed by atoms with Gasteiger partial charge in [-0.25, -0.2) is 0 Å². The molecule has 0 spiro atoms. The van der Waals surface area contributed by atoms with Gasteiger partial charge in [0.05, 0.1) is 16.1 Å². The molecule has 1 atom stereocenters. The monoisotopic (exact) mass is 283 g/mol. The highest BCUT2D eigenvalue weighted by Crippen LogP contribution is 2.21. The summed E-state index contributed by atoms with van der Waals surface area (Å²) in [6.07, 6.45) is 5.37. The number of hydrogen-bond acceptors (Lipinski definition) is 3. The number of amides is 1. The minimum Gasteiger partial charge on any atom is -0.325 e. The average Bonchev–Trinajstić information content (AvgIpc) is 2.33. The summed E-state index contributed by atoms with van der Waals surface area (Å²) in [7, 11) is 0. The van der Waals surface area contributed by atoms with Gasteiger partial charge in [-0.2, -0.15) is 0 Å². The van der Waals surface area contributed by atoms with Crippen molar-refractivity contribution in [2.45, 2.75) is 12.8 Å². The second-order valence-corrected chi connectivity index (χ2v) is 4.74. The normalized spacial score (nSPS) is 20.4. The van der Waals surface area contributed by atoms with Crippen molar-refractivity contribution < 1.29 is 4.79 Å². The highest BCUT2D eigenvalue weighted by atomic mass is 79.9. The van der Waals surface area contributed by atoms with E-state index in [0.717, 1.165) is 36.1 Å². The number of hydrogen-bond donors (Lipinski definition) is 2. The molecule has 4 nitrogen and oxygen atoms in total. The maximum atomic E-state index is 11.9. The van der Waals surface area contributed by atoms with Crippen molar-refractivity contribution in [2.75, 3.05) is 18.4 Å². The molecule has 1 fully saturated rings. The standard InChI is InChI=1S/C11H14BrN3O/c12-9-7-14-5-3-10(9)15-11(16)8-2-1-4-13-6-8/h3,5,7-8,13H,1-2,4,6H2,(H,14,15,16). The zero-order valence-electron chi connectivity index (χ0n) is 8.87. The van der Waals surface area contributed by atoms with Gasteiger partial charge in [-0.3, -0.25) is 9.78 Å². The Kier molecular flexibility index (Phi) is 3.90. The van der Waals surface area contributed by atoms with Gasteiger partial charge in [0.25, 0.3) is 0 Å². The predicted molar refractivity (Wildman–Crippen MR) is 66.2 cm³/mol. The van der Waals surface area contributed by atoms with Crippen LogP contribution in [0.4, 0.5) is 5.69 Å². The van der Waals surface area contributed by atoms with E-state index in [9.17, 15) is 4.79 Å². The first-order valence-electron chi connectivity index (χ1n) is 5.38. The summed E-state index contributed by atoms with van der Waals surface area (Å²) in [5.41, 5.74) is 0.783.